The molecular formula is C20H18F3N3O5. The van der Waals surface area contributed by atoms with Crippen molar-refractivity contribution in [2.45, 2.75) is 25.6 Å². The number of halogens is 3. The molecule has 0 unspecified atom stereocenters. The summed E-state index contributed by atoms with van der Waals surface area (Å²) in [5.74, 6) is -1.85. The fourth-order valence-corrected chi connectivity index (χ4v) is 3.37. The molecule has 1 amide bonds. The quantitative estimate of drug-likeness (QED) is 0.541. The summed E-state index contributed by atoms with van der Waals surface area (Å²) >= 11 is 0. The number of nitro groups is 1. The number of ether oxygens (including phenoxy) is 1. The smallest absolute Gasteiger partial charge is 0.471 e. The fourth-order valence-electron chi connectivity index (χ4n) is 3.37. The van der Waals surface area contributed by atoms with Gasteiger partial charge in [0.15, 0.2) is 0 Å². The molecule has 0 aliphatic carbocycles. The van der Waals surface area contributed by atoms with E-state index in [1.54, 1.807) is 13.8 Å². The van der Waals surface area contributed by atoms with Crippen molar-refractivity contribution in [2.75, 3.05) is 13.6 Å². The molecule has 2 aromatic rings. The van der Waals surface area contributed by atoms with Gasteiger partial charge in [-0.2, -0.15) is 13.2 Å². The Labute approximate surface area is 174 Å². The lowest BCUT2D eigenvalue weighted by molar-refractivity contribution is -0.384. The van der Waals surface area contributed by atoms with Crippen LogP contribution in [-0.4, -0.2) is 45.7 Å². The molecule has 0 spiro atoms. The number of aromatic nitrogens is 1. The summed E-state index contributed by atoms with van der Waals surface area (Å²) in [6, 6.07) is 8.04. The van der Waals surface area contributed by atoms with E-state index in [2.05, 4.69) is 0 Å². The van der Waals surface area contributed by atoms with E-state index < -0.39 is 34.7 Å². The zero-order valence-electron chi connectivity index (χ0n) is 16.8. The van der Waals surface area contributed by atoms with Crippen molar-refractivity contribution in [3.05, 3.63) is 74.2 Å². The molecule has 11 heteroatoms. The molecule has 0 saturated heterocycles. The number of benzene rings is 1. The Hall–Kier alpha value is -3.63. The van der Waals surface area contributed by atoms with Crippen molar-refractivity contribution in [1.29, 1.82) is 0 Å². The molecule has 1 aliphatic rings. The first-order valence-electron chi connectivity index (χ1n) is 9.04. The number of fused-ring (bicyclic) bond motifs is 1. The highest BCUT2D eigenvalue weighted by Crippen LogP contribution is 2.43. The highest BCUT2D eigenvalue weighted by Gasteiger charge is 2.44. The van der Waals surface area contributed by atoms with Crippen LogP contribution < -0.4 is 10.3 Å². The van der Waals surface area contributed by atoms with Crippen molar-refractivity contribution in [3.8, 4) is 5.75 Å². The van der Waals surface area contributed by atoms with Crippen LogP contribution in [0.1, 0.15) is 19.4 Å². The topological polar surface area (TPSA) is 94.7 Å². The maximum atomic E-state index is 12.9. The highest BCUT2D eigenvalue weighted by atomic mass is 19.4. The van der Waals surface area contributed by atoms with Gasteiger partial charge in [-0.15, -0.1) is 0 Å². The molecule has 0 fully saturated rings. The van der Waals surface area contributed by atoms with Gasteiger partial charge in [0.05, 0.1) is 10.6 Å². The Balaban J connectivity index is 2.31. The summed E-state index contributed by atoms with van der Waals surface area (Å²) in [4.78, 5) is 35.4. The third-order valence-electron chi connectivity index (χ3n) is 4.85. The summed E-state index contributed by atoms with van der Waals surface area (Å²) in [7, 11) is 0.979. The number of hydrogen-bond acceptors (Lipinski definition) is 5. The maximum Gasteiger partial charge on any atom is 0.471 e. The average molecular weight is 437 g/mol. The number of carbonyl (C=O) groups excluding carboxylic acids is 1. The van der Waals surface area contributed by atoms with Crippen molar-refractivity contribution >= 4 is 17.3 Å². The van der Waals surface area contributed by atoms with E-state index in [0.717, 1.165) is 7.05 Å². The Morgan fingerprint density at radius 3 is 2.52 bits per heavy atom. The molecule has 31 heavy (non-hydrogen) atoms. The number of hydrogen-bond donors (Lipinski definition) is 0. The van der Waals surface area contributed by atoms with E-state index in [1.165, 1.54) is 47.2 Å². The summed E-state index contributed by atoms with van der Waals surface area (Å²) in [5.41, 5.74) is -1.56. The average Bonchev–Trinajstić information content (AvgIpc) is 2.67. The molecule has 8 nitrogen and oxygen atoms in total. The van der Waals surface area contributed by atoms with Crippen LogP contribution in [0.2, 0.25) is 0 Å². The van der Waals surface area contributed by atoms with Gasteiger partial charge >= 0.3 is 12.1 Å². The van der Waals surface area contributed by atoms with Gasteiger partial charge in [-0.05, 0) is 26.0 Å². The molecule has 0 bridgehead atoms. The van der Waals surface area contributed by atoms with Crippen molar-refractivity contribution in [1.82, 2.24) is 9.47 Å². The third-order valence-corrected chi connectivity index (χ3v) is 4.85. The van der Waals surface area contributed by atoms with E-state index in [-0.39, 0.29) is 28.3 Å². The van der Waals surface area contributed by atoms with Crippen molar-refractivity contribution in [3.63, 3.8) is 0 Å². The summed E-state index contributed by atoms with van der Waals surface area (Å²) in [5, 5.41) is 11.3. The molecule has 0 N–H and O–H groups in total. The van der Waals surface area contributed by atoms with Crippen LogP contribution in [0.25, 0.3) is 5.70 Å². The summed E-state index contributed by atoms with van der Waals surface area (Å²) in [6.45, 7) is 2.63. The van der Waals surface area contributed by atoms with Crippen LogP contribution in [0.4, 0.5) is 18.9 Å². The standard InChI is InChI=1S/C20H18F3N3O5/c1-19(2)14(11-24(3)18(28)20(21,22)23)17(25-9-5-4-6-16(25)27)13-10-12(26(29)30)7-8-15(13)31-19/h4-10H,11H2,1-3H3. The second-order valence-corrected chi connectivity index (χ2v) is 7.44. The van der Waals surface area contributed by atoms with Crippen LogP contribution in [0.3, 0.4) is 0 Å². The minimum atomic E-state index is -5.09. The number of amides is 1. The van der Waals surface area contributed by atoms with Gasteiger partial charge in [-0.3, -0.25) is 24.3 Å². The summed E-state index contributed by atoms with van der Waals surface area (Å²) in [6.07, 6.45) is -3.69. The SMILES string of the molecule is CN(CC1=C(n2ccccc2=O)c2cc([N+](=O)[O-])ccc2OC1(C)C)C(=O)C(F)(F)F. The predicted molar refractivity (Wildman–Crippen MR) is 105 cm³/mol. The first-order chi connectivity index (χ1) is 14.3. The largest absolute Gasteiger partial charge is 0.483 e. The van der Waals surface area contributed by atoms with Crippen LogP contribution in [-0.2, 0) is 4.79 Å². The second-order valence-electron chi connectivity index (χ2n) is 7.44. The number of pyridine rings is 1. The Morgan fingerprint density at radius 2 is 1.94 bits per heavy atom. The number of carbonyl (C=O) groups is 1. The van der Waals surface area contributed by atoms with Crippen LogP contribution >= 0.6 is 0 Å². The van der Waals surface area contributed by atoms with Crippen LogP contribution in [0.15, 0.2) is 53.0 Å². The number of nitrogens with zero attached hydrogens (tertiary/aromatic N) is 3. The van der Waals surface area contributed by atoms with Crippen molar-refractivity contribution in [2.24, 2.45) is 0 Å². The fraction of sp³-hybridized carbons (Fsp3) is 0.300. The molecule has 1 aliphatic heterocycles. The molecule has 0 saturated carbocycles. The maximum absolute atomic E-state index is 12.9. The molecule has 164 valence electrons. The van der Waals surface area contributed by atoms with Gasteiger partial charge in [-0.1, -0.05) is 6.07 Å². The lowest BCUT2D eigenvalue weighted by Crippen LogP contribution is -2.45. The first-order valence-corrected chi connectivity index (χ1v) is 9.04. The van der Waals surface area contributed by atoms with E-state index in [9.17, 15) is 32.9 Å². The minimum Gasteiger partial charge on any atom is -0.483 e. The number of non-ortho nitro benzene ring substituents is 1. The van der Waals surface area contributed by atoms with Gasteiger partial charge in [0.2, 0.25) is 0 Å². The molecule has 1 aromatic heterocycles. The molecule has 0 radical (unpaired) electrons. The normalized spacial score (nSPS) is 15.2. The van der Waals surface area contributed by atoms with Crippen LogP contribution in [0.5, 0.6) is 5.75 Å². The predicted octanol–water partition coefficient (Wildman–Crippen LogP) is 3.21. The Morgan fingerprint density at radius 1 is 1.26 bits per heavy atom. The minimum absolute atomic E-state index is 0.127. The molecular weight excluding hydrogens is 419 g/mol. The Bertz CT molecular complexity index is 1150. The van der Waals surface area contributed by atoms with Crippen molar-refractivity contribution < 1.29 is 27.6 Å². The highest BCUT2D eigenvalue weighted by molar-refractivity contribution is 5.83. The zero-order chi connectivity index (χ0) is 23.1. The van der Waals surface area contributed by atoms with Gasteiger partial charge in [-0.25, -0.2) is 0 Å². The number of nitro benzene ring substituents is 1. The lowest BCUT2D eigenvalue weighted by atomic mass is 9.88. The number of likely N-dealkylation sites (N-methyl/N-ethyl adjacent to an activating group) is 1. The van der Waals surface area contributed by atoms with E-state index in [1.807, 2.05) is 0 Å². The zero-order valence-corrected chi connectivity index (χ0v) is 16.8. The van der Waals surface area contributed by atoms with Gasteiger partial charge in [0, 0.05) is 49.1 Å². The number of rotatable bonds is 4. The van der Waals surface area contributed by atoms with E-state index in [0.29, 0.717) is 4.90 Å². The summed E-state index contributed by atoms with van der Waals surface area (Å²) < 4.78 is 45.9. The Kier molecular flexibility index (Phi) is 5.38. The van der Waals surface area contributed by atoms with E-state index >= 15 is 0 Å². The van der Waals surface area contributed by atoms with Crippen LogP contribution in [0, 0.1) is 10.1 Å². The second kappa shape index (κ2) is 7.56. The van der Waals surface area contributed by atoms with Gasteiger partial charge in [0.1, 0.15) is 11.4 Å². The molecule has 1 aromatic carbocycles. The monoisotopic (exact) mass is 437 g/mol. The lowest BCUT2D eigenvalue weighted by Gasteiger charge is -2.38. The first kappa shape index (κ1) is 22.1. The molecule has 0 atom stereocenters. The molecule has 3 rings (SSSR count). The van der Waals surface area contributed by atoms with Gasteiger partial charge in [0.25, 0.3) is 11.2 Å². The van der Waals surface area contributed by atoms with E-state index in [4.69, 9.17) is 4.74 Å². The van der Waals surface area contributed by atoms with Gasteiger partial charge < -0.3 is 9.64 Å². The third kappa shape index (κ3) is 4.16. The molecule has 2 heterocycles. The number of alkyl halides is 3.